The van der Waals surface area contributed by atoms with Gasteiger partial charge in [-0.1, -0.05) is 11.6 Å². The monoisotopic (exact) mass is 314 g/mol. The van der Waals surface area contributed by atoms with Crippen molar-refractivity contribution in [1.29, 1.82) is 0 Å². The summed E-state index contributed by atoms with van der Waals surface area (Å²) in [6.45, 7) is 4.99. The van der Waals surface area contributed by atoms with E-state index >= 15 is 0 Å². The Hall–Kier alpha value is -1.78. The molecule has 4 rings (SSSR count). The lowest BCUT2D eigenvalue weighted by molar-refractivity contribution is 0.238. The summed E-state index contributed by atoms with van der Waals surface area (Å²) in [5.74, 6) is 1.06. The minimum absolute atomic E-state index is 0.807. The molecule has 0 unspecified atom stereocenters. The van der Waals surface area contributed by atoms with Gasteiger partial charge in [-0.15, -0.1) is 0 Å². The zero-order valence-electron chi connectivity index (χ0n) is 12.9. The molecule has 5 heteroatoms. The molecule has 3 heterocycles. The van der Waals surface area contributed by atoms with E-state index < -0.39 is 0 Å². The van der Waals surface area contributed by atoms with Gasteiger partial charge in [0.1, 0.15) is 5.82 Å². The second kappa shape index (κ2) is 5.14. The van der Waals surface area contributed by atoms with Gasteiger partial charge in [-0.05, 0) is 37.1 Å². The van der Waals surface area contributed by atoms with Crippen LogP contribution < -0.4 is 0 Å². The molecule has 114 valence electrons. The van der Waals surface area contributed by atoms with E-state index in [0.29, 0.717) is 0 Å². The van der Waals surface area contributed by atoms with Crippen molar-refractivity contribution in [2.45, 2.75) is 26.4 Å². The largest absolute Gasteiger partial charge is 0.357 e. The van der Waals surface area contributed by atoms with Crippen LogP contribution in [0.5, 0.6) is 0 Å². The minimum Gasteiger partial charge on any atom is -0.357 e. The summed E-state index contributed by atoms with van der Waals surface area (Å²) in [4.78, 5) is 10.4. The normalized spacial score (nSPS) is 15.4. The van der Waals surface area contributed by atoms with Gasteiger partial charge in [-0.2, -0.15) is 0 Å². The van der Waals surface area contributed by atoms with E-state index in [0.717, 1.165) is 36.9 Å². The maximum Gasteiger partial charge on any atom is 0.105 e. The summed E-state index contributed by atoms with van der Waals surface area (Å²) in [7, 11) is 2.08. The van der Waals surface area contributed by atoms with Gasteiger partial charge in [0.25, 0.3) is 0 Å². The van der Waals surface area contributed by atoms with Crippen molar-refractivity contribution < 1.29 is 0 Å². The molecule has 0 saturated heterocycles. The van der Waals surface area contributed by atoms with E-state index in [9.17, 15) is 0 Å². The van der Waals surface area contributed by atoms with Gasteiger partial charge in [0.15, 0.2) is 0 Å². The Labute approximate surface area is 134 Å². The van der Waals surface area contributed by atoms with Gasteiger partial charge in [0, 0.05) is 54.5 Å². The number of nitrogens with zero attached hydrogens (tertiary/aromatic N) is 3. The van der Waals surface area contributed by atoms with Crippen molar-refractivity contribution >= 4 is 22.5 Å². The highest BCUT2D eigenvalue weighted by Crippen LogP contribution is 2.30. The molecule has 0 atom stereocenters. The number of H-pyrrole nitrogens is 1. The molecule has 1 N–H and O–H groups in total. The highest BCUT2D eigenvalue weighted by Gasteiger charge is 2.21. The molecule has 1 aliphatic heterocycles. The maximum atomic E-state index is 6.14. The number of hydrogen-bond donors (Lipinski definition) is 1. The first-order valence-corrected chi connectivity index (χ1v) is 7.98. The van der Waals surface area contributed by atoms with Crippen LogP contribution in [0.15, 0.2) is 24.4 Å². The molecule has 0 aliphatic carbocycles. The summed E-state index contributed by atoms with van der Waals surface area (Å²) in [5, 5.41) is 2.08. The molecule has 22 heavy (non-hydrogen) atoms. The predicted octanol–water partition coefficient (Wildman–Crippen LogP) is 3.42. The van der Waals surface area contributed by atoms with E-state index in [-0.39, 0.29) is 0 Å². The van der Waals surface area contributed by atoms with Crippen LogP contribution in [0.25, 0.3) is 10.9 Å². The molecule has 0 bridgehead atoms. The number of benzene rings is 1. The maximum absolute atomic E-state index is 6.14. The molecule has 3 aromatic rings. The lowest BCUT2D eigenvalue weighted by Gasteiger charge is -2.26. The van der Waals surface area contributed by atoms with Crippen molar-refractivity contribution in [3.8, 4) is 0 Å². The lowest BCUT2D eigenvalue weighted by Crippen LogP contribution is -2.30. The second-order valence-electron chi connectivity index (χ2n) is 6.09. The Morgan fingerprint density at radius 1 is 1.36 bits per heavy atom. The Morgan fingerprint density at radius 3 is 3.00 bits per heavy atom. The van der Waals surface area contributed by atoms with E-state index in [1.54, 1.807) is 0 Å². The standard InChI is InChI=1S/C17H19ClN4/c1-11-19-8-13(21(11)2)9-22-6-5-14-15-7-12(18)3-4-16(15)20-17(14)10-22/h3-4,7-8,20H,5-6,9-10H2,1-2H3. The number of hydrogen-bond acceptors (Lipinski definition) is 2. The summed E-state index contributed by atoms with van der Waals surface area (Å²) in [6, 6.07) is 6.10. The fraction of sp³-hybridized carbons (Fsp3) is 0.353. The Morgan fingerprint density at radius 2 is 2.23 bits per heavy atom. The minimum atomic E-state index is 0.807. The highest BCUT2D eigenvalue weighted by atomic mass is 35.5. The molecule has 0 amide bonds. The van der Waals surface area contributed by atoms with Crippen molar-refractivity contribution in [3.63, 3.8) is 0 Å². The lowest BCUT2D eigenvalue weighted by atomic mass is 10.0. The number of fused-ring (bicyclic) bond motifs is 3. The van der Waals surface area contributed by atoms with Crippen LogP contribution in [0.1, 0.15) is 22.8 Å². The zero-order valence-corrected chi connectivity index (χ0v) is 13.6. The molecular formula is C17H19ClN4. The van der Waals surface area contributed by atoms with Gasteiger partial charge < -0.3 is 9.55 Å². The molecule has 1 aliphatic rings. The number of aromatic amines is 1. The van der Waals surface area contributed by atoms with Gasteiger partial charge in [-0.25, -0.2) is 4.98 Å². The average molecular weight is 315 g/mol. The topological polar surface area (TPSA) is 36.9 Å². The summed E-state index contributed by atoms with van der Waals surface area (Å²) >= 11 is 6.14. The second-order valence-corrected chi connectivity index (χ2v) is 6.52. The van der Waals surface area contributed by atoms with Crippen molar-refractivity contribution in [1.82, 2.24) is 19.4 Å². The van der Waals surface area contributed by atoms with Gasteiger partial charge in [0.05, 0.1) is 5.69 Å². The zero-order chi connectivity index (χ0) is 15.3. The smallest absolute Gasteiger partial charge is 0.105 e. The Kier molecular flexibility index (Phi) is 3.24. The molecular weight excluding hydrogens is 296 g/mol. The predicted molar refractivity (Wildman–Crippen MR) is 89.1 cm³/mol. The van der Waals surface area contributed by atoms with Crippen LogP contribution in [0.2, 0.25) is 5.02 Å². The molecule has 0 saturated carbocycles. The van der Waals surface area contributed by atoms with Crippen LogP contribution in [0.4, 0.5) is 0 Å². The number of rotatable bonds is 2. The van der Waals surface area contributed by atoms with Crippen LogP contribution in [-0.2, 0) is 26.6 Å². The van der Waals surface area contributed by atoms with Crippen molar-refractivity contribution in [3.05, 3.63) is 52.2 Å². The van der Waals surface area contributed by atoms with Crippen LogP contribution in [0.3, 0.4) is 0 Å². The fourth-order valence-corrected chi connectivity index (χ4v) is 3.50. The molecule has 0 spiro atoms. The van der Waals surface area contributed by atoms with E-state index in [1.807, 2.05) is 19.2 Å². The average Bonchev–Trinajstić information content (AvgIpc) is 3.01. The number of aromatic nitrogens is 3. The van der Waals surface area contributed by atoms with Crippen LogP contribution in [0, 0.1) is 6.92 Å². The van der Waals surface area contributed by atoms with Crippen molar-refractivity contribution in [2.75, 3.05) is 6.54 Å². The summed E-state index contributed by atoms with van der Waals surface area (Å²) in [5.41, 5.74) is 5.20. The quantitative estimate of drug-likeness (QED) is 0.787. The third kappa shape index (κ3) is 2.23. The Bertz CT molecular complexity index is 846. The molecule has 0 radical (unpaired) electrons. The van der Waals surface area contributed by atoms with Gasteiger partial charge in [0.2, 0.25) is 0 Å². The fourth-order valence-electron chi connectivity index (χ4n) is 3.33. The number of aryl methyl sites for hydroxylation is 1. The van der Waals surface area contributed by atoms with E-state index in [4.69, 9.17) is 11.6 Å². The number of halogens is 1. The molecule has 0 fully saturated rings. The Balaban J connectivity index is 1.61. The highest BCUT2D eigenvalue weighted by molar-refractivity contribution is 6.31. The first kappa shape index (κ1) is 13.9. The van der Waals surface area contributed by atoms with E-state index in [2.05, 4.69) is 38.6 Å². The molecule has 2 aromatic heterocycles. The first-order chi connectivity index (χ1) is 10.6. The third-order valence-electron chi connectivity index (χ3n) is 4.72. The van der Waals surface area contributed by atoms with Crippen LogP contribution in [-0.4, -0.2) is 26.0 Å². The summed E-state index contributed by atoms with van der Waals surface area (Å²) < 4.78 is 2.17. The number of nitrogens with one attached hydrogen (secondary N) is 1. The molecule has 1 aromatic carbocycles. The third-order valence-corrected chi connectivity index (χ3v) is 4.95. The van der Waals surface area contributed by atoms with Crippen molar-refractivity contribution in [2.24, 2.45) is 7.05 Å². The van der Waals surface area contributed by atoms with Gasteiger partial charge >= 0.3 is 0 Å². The van der Waals surface area contributed by atoms with Gasteiger partial charge in [-0.3, -0.25) is 4.90 Å². The molecule has 4 nitrogen and oxygen atoms in total. The number of imidazole rings is 1. The van der Waals surface area contributed by atoms with Crippen LogP contribution >= 0.6 is 11.6 Å². The SMILES string of the molecule is Cc1ncc(CN2CCc3c([nH]c4ccc(Cl)cc34)C2)n1C. The summed E-state index contributed by atoms with van der Waals surface area (Å²) in [6.07, 6.45) is 3.04. The van der Waals surface area contributed by atoms with E-state index in [1.165, 1.54) is 27.9 Å². The first-order valence-electron chi connectivity index (χ1n) is 7.60.